The Labute approximate surface area is 169 Å². The lowest BCUT2D eigenvalue weighted by Gasteiger charge is -2.11. The smallest absolute Gasteiger partial charge is 0.240 e. The Kier molecular flexibility index (Phi) is 5.35. The van der Waals surface area contributed by atoms with Crippen LogP contribution in [0, 0.1) is 11.6 Å². The highest BCUT2D eigenvalue weighted by atomic mass is 35.5. The topological polar surface area (TPSA) is 70.9 Å². The Morgan fingerprint density at radius 3 is 2.45 bits per heavy atom. The molecule has 0 saturated carbocycles. The summed E-state index contributed by atoms with van der Waals surface area (Å²) in [6, 6.07) is 15.1. The number of hydrogen-bond donors (Lipinski definition) is 2. The number of anilines is 1. The molecule has 1 unspecified atom stereocenters. The zero-order valence-electron chi connectivity index (χ0n) is 14.8. The number of nitrogens with one attached hydrogen (secondary N) is 2. The molecule has 1 aromatic heterocycles. The molecule has 2 N–H and O–H groups in total. The van der Waals surface area contributed by atoms with E-state index in [1.54, 1.807) is 36.4 Å². The Morgan fingerprint density at radius 1 is 1.03 bits per heavy atom. The summed E-state index contributed by atoms with van der Waals surface area (Å²) in [5.74, 6) is 0.0449. The average molecular weight is 414 g/mol. The maximum atomic E-state index is 13.1. The van der Waals surface area contributed by atoms with Crippen LogP contribution in [-0.4, -0.2) is 17.1 Å². The number of ether oxygens (including phenoxy) is 1. The number of hydrogen-bond acceptors (Lipinski definition) is 6. The molecule has 0 saturated heterocycles. The Bertz CT molecular complexity index is 1070. The van der Waals surface area contributed by atoms with E-state index in [4.69, 9.17) is 16.3 Å². The molecule has 4 rings (SSSR count). The van der Waals surface area contributed by atoms with Crippen LogP contribution in [0.25, 0.3) is 0 Å². The third kappa shape index (κ3) is 4.67. The fourth-order valence-corrected chi connectivity index (χ4v) is 2.80. The minimum Gasteiger partial charge on any atom is -0.446 e. The fourth-order valence-electron chi connectivity index (χ4n) is 2.59. The molecule has 0 fully saturated rings. The van der Waals surface area contributed by atoms with Gasteiger partial charge in [-0.2, -0.15) is 5.10 Å². The Balaban J connectivity index is 1.45. The second-order valence-electron chi connectivity index (χ2n) is 6.08. The van der Waals surface area contributed by atoms with Crippen molar-refractivity contribution in [2.45, 2.75) is 6.23 Å². The molecule has 1 aliphatic rings. The van der Waals surface area contributed by atoms with Gasteiger partial charge in [0.25, 0.3) is 0 Å². The summed E-state index contributed by atoms with van der Waals surface area (Å²) in [6.45, 7) is 0. The van der Waals surface area contributed by atoms with Gasteiger partial charge in [-0.1, -0.05) is 35.9 Å². The van der Waals surface area contributed by atoms with Crippen LogP contribution in [0.3, 0.4) is 0 Å². The van der Waals surface area contributed by atoms with Crippen LogP contribution in [0.4, 0.5) is 14.6 Å². The van der Waals surface area contributed by atoms with Gasteiger partial charge in [-0.05, 0) is 42.0 Å². The molecule has 0 spiro atoms. The first kappa shape index (κ1) is 18.8. The molecule has 146 valence electrons. The normalized spacial score (nSPS) is 15.7. The van der Waals surface area contributed by atoms with Gasteiger partial charge in [-0.25, -0.2) is 13.8 Å². The van der Waals surface area contributed by atoms with E-state index in [1.165, 1.54) is 30.5 Å². The van der Waals surface area contributed by atoms with Crippen molar-refractivity contribution in [1.29, 1.82) is 0 Å². The molecule has 3 aromatic rings. The monoisotopic (exact) mass is 413 g/mol. The van der Waals surface area contributed by atoms with Crippen LogP contribution in [0.2, 0.25) is 5.15 Å². The number of aromatic nitrogens is 1. The standard InChI is InChI=1S/C20H14ClF2N5O/c21-17-9-14(20-28-27-19(29-20)13-3-7-16(23)8-4-13)10-18(25-17)26-24-11-12-1-5-15(22)6-2-12/h1-11,19,27H,(H,25,26)/b24-11+. The van der Waals surface area contributed by atoms with E-state index >= 15 is 0 Å². The molecule has 1 aliphatic heterocycles. The average Bonchev–Trinajstić information content (AvgIpc) is 3.20. The lowest BCUT2D eigenvalue weighted by Crippen LogP contribution is -2.12. The molecular weight excluding hydrogens is 400 g/mol. The van der Waals surface area contributed by atoms with Crippen LogP contribution >= 0.6 is 11.6 Å². The van der Waals surface area contributed by atoms with Gasteiger partial charge in [-0.15, -0.1) is 5.10 Å². The van der Waals surface area contributed by atoms with Crippen LogP contribution in [0.1, 0.15) is 22.9 Å². The SMILES string of the molecule is Fc1ccc(/C=N/Nc2cc(C3=NNC(c4ccc(F)cc4)O3)cc(Cl)n2)cc1. The lowest BCUT2D eigenvalue weighted by atomic mass is 10.2. The predicted molar refractivity (Wildman–Crippen MR) is 107 cm³/mol. The van der Waals surface area contributed by atoms with Gasteiger partial charge in [0, 0.05) is 11.1 Å². The van der Waals surface area contributed by atoms with Crippen molar-refractivity contribution in [3.8, 4) is 0 Å². The molecule has 29 heavy (non-hydrogen) atoms. The van der Waals surface area contributed by atoms with E-state index in [2.05, 4.69) is 26.0 Å². The van der Waals surface area contributed by atoms with Gasteiger partial charge in [0.2, 0.25) is 12.1 Å². The molecule has 0 amide bonds. The zero-order chi connectivity index (χ0) is 20.2. The van der Waals surface area contributed by atoms with E-state index < -0.39 is 6.23 Å². The van der Waals surface area contributed by atoms with Crippen molar-refractivity contribution in [2.24, 2.45) is 10.2 Å². The highest BCUT2D eigenvalue weighted by Gasteiger charge is 2.23. The van der Waals surface area contributed by atoms with E-state index in [0.717, 1.165) is 11.1 Å². The first-order valence-electron chi connectivity index (χ1n) is 8.55. The highest BCUT2D eigenvalue weighted by Crippen LogP contribution is 2.24. The van der Waals surface area contributed by atoms with E-state index in [9.17, 15) is 8.78 Å². The van der Waals surface area contributed by atoms with Crippen molar-refractivity contribution in [3.05, 3.63) is 94.1 Å². The van der Waals surface area contributed by atoms with Gasteiger partial charge in [0.1, 0.15) is 22.6 Å². The second kappa shape index (κ2) is 8.24. The first-order valence-corrected chi connectivity index (χ1v) is 8.92. The van der Waals surface area contributed by atoms with Crippen LogP contribution in [-0.2, 0) is 4.74 Å². The van der Waals surface area contributed by atoms with Gasteiger partial charge < -0.3 is 4.74 Å². The highest BCUT2D eigenvalue weighted by molar-refractivity contribution is 6.29. The van der Waals surface area contributed by atoms with Gasteiger partial charge in [0.15, 0.2) is 0 Å². The quantitative estimate of drug-likeness (QED) is 0.368. The van der Waals surface area contributed by atoms with E-state index in [1.807, 2.05) is 0 Å². The van der Waals surface area contributed by atoms with Crippen molar-refractivity contribution in [1.82, 2.24) is 10.4 Å². The number of nitrogens with zero attached hydrogens (tertiary/aromatic N) is 3. The largest absolute Gasteiger partial charge is 0.446 e. The Hall–Kier alpha value is -3.52. The summed E-state index contributed by atoms with van der Waals surface area (Å²) in [6.07, 6.45) is 0.989. The fraction of sp³-hybridized carbons (Fsp3) is 0.0500. The van der Waals surface area contributed by atoms with Crippen LogP contribution in [0.15, 0.2) is 70.9 Å². The number of rotatable bonds is 5. The maximum Gasteiger partial charge on any atom is 0.240 e. The van der Waals surface area contributed by atoms with Gasteiger partial charge in [0.05, 0.1) is 6.21 Å². The molecule has 9 heteroatoms. The number of halogens is 3. The summed E-state index contributed by atoms with van der Waals surface area (Å²) in [7, 11) is 0. The maximum absolute atomic E-state index is 13.1. The summed E-state index contributed by atoms with van der Waals surface area (Å²) in [4.78, 5) is 4.15. The minimum absolute atomic E-state index is 0.221. The molecule has 0 bridgehead atoms. The number of pyridine rings is 1. The molecule has 0 aliphatic carbocycles. The van der Waals surface area contributed by atoms with Crippen molar-refractivity contribution in [3.63, 3.8) is 0 Å². The second-order valence-corrected chi connectivity index (χ2v) is 6.47. The lowest BCUT2D eigenvalue weighted by molar-refractivity contribution is 0.191. The molecule has 2 aromatic carbocycles. The third-order valence-electron chi connectivity index (χ3n) is 3.99. The summed E-state index contributed by atoms with van der Waals surface area (Å²) >= 11 is 6.10. The van der Waals surface area contributed by atoms with Crippen molar-refractivity contribution in [2.75, 3.05) is 5.43 Å². The molecule has 1 atom stereocenters. The summed E-state index contributed by atoms with van der Waals surface area (Å²) in [5.41, 5.74) is 7.65. The molecule has 2 heterocycles. The number of hydrazone groups is 2. The zero-order valence-corrected chi connectivity index (χ0v) is 15.6. The van der Waals surface area contributed by atoms with Crippen molar-refractivity contribution >= 4 is 29.5 Å². The molecule has 6 nitrogen and oxygen atoms in total. The summed E-state index contributed by atoms with van der Waals surface area (Å²) in [5, 5.41) is 8.46. The van der Waals surface area contributed by atoms with Crippen LogP contribution in [0.5, 0.6) is 0 Å². The molecule has 0 radical (unpaired) electrons. The third-order valence-corrected chi connectivity index (χ3v) is 4.18. The summed E-state index contributed by atoms with van der Waals surface area (Å²) < 4.78 is 31.8. The predicted octanol–water partition coefficient (Wildman–Crippen LogP) is 4.44. The number of benzene rings is 2. The van der Waals surface area contributed by atoms with Crippen molar-refractivity contribution < 1.29 is 13.5 Å². The van der Waals surface area contributed by atoms with E-state index in [0.29, 0.717) is 17.3 Å². The Morgan fingerprint density at radius 2 is 1.72 bits per heavy atom. The van der Waals surface area contributed by atoms with Gasteiger partial charge in [-0.3, -0.25) is 10.9 Å². The van der Waals surface area contributed by atoms with Gasteiger partial charge >= 0.3 is 0 Å². The minimum atomic E-state index is -0.537. The molecular formula is C20H14ClF2N5O. The van der Waals surface area contributed by atoms with E-state index in [-0.39, 0.29) is 16.8 Å². The first-order chi connectivity index (χ1) is 14.1. The van der Waals surface area contributed by atoms with Crippen LogP contribution < -0.4 is 10.9 Å².